The largest absolute Gasteiger partial charge is 0.372 e. The van der Waals surface area contributed by atoms with E-state index in [2.05, 4.69) is 15.9 Å². The summed E-state index contributed by atoms with van der Waals surface area (Å²) in [5, 5.41) is 0.816. The Morgan fingerprint density at radius 2 is 2.00 bits per heavy atom. The van der Waals surface area contributed by atoms with Gasteiger partial charge in [-0.05, 0) is 18.2 Å². The van der Waals surface area contributed by atoms with Crippen LogP contribution in [0.5, 0.6) is 0 Å². The number of ether oxygens (including phenoxy) is 1. The highest BCUT2D eigenvalue weighted by molar-refractivity contribution is 6.30. The lowest BCUT2D eigenvalue weighted by molar-refractivity contribution is 0.230. The molecule has 92 valence electrons. The molecule has 2 heterocycles. The molecule has 0 radical (unpaired) electrons. The molecule has 2 aliphatic rings. The van der Waals surface area contributed by atoms with E-state index < -0.39 is 0 Å². The molecule has 1 unspecified atom stereocenters. The van der Waals surface area contributed by atoms with Gasteiger partial charge in [-0.25, -0.2) is 0 Å². The fourth-order valence-electron chi connectivity index (χ4n) is 2.32. The Balaban J connectivity index is 1.56. The summed E-state index contributed by atoms with van der Waals surface area (Å²) in [5.74, 6) is 0. The first-order valence-electron chi connectivity index (χ1n) is 6.16. The summed E-state index contributed by atoms with van der Waals surface area (Å²) in [7, 11) is 0. The molecular weight excluding hydrogens is 236 g/mol. The average Bonchev–Trinajstić information content (AvgIpc) is 3.14. The molecule has 3 rings (SSSR count). The van der Waals surface area contributed by atoms with E-state index >= 15 is 0 Å². The van der Waals surface area contributed by atoms with E-state index in [9.17, 15) is 0 Å². The van der Waals surface area contributed by atoms with Crippen LogP contribution in [-0.4, -0.2) is 50.3 Å². The molecule has 17 heavy (non-hydrogen) atoms. The van der Waals surface area contributed by atoms with Crippen LogP contribution in [0, 0.1) is 0 Å². The molecule has 0 saturated carbocycles. The minimum atomic E-state index is 0.507. The second-order valence-electron chi connectivity index (χ2n) is 4.72. The van der Waals surface area contributed by atoms with Crippen LogP contribution in [0.2, 0.25) is 5.02 Å². The number of halogens is 1. The molecule has 2 fully saturated rings. The lowest BCUT2D eigenvalue weighted by Gasteiger charge is -2.35. The van der Waals surface area contributed by atoms with Crippen molar-refractivity contribution in [1.82, 2.24) is 4.90 Å². The van der Waals surface area contributed by atoms with Crippen LogP contribution in [0.25, 0.3) is 0 Å². The van der Waals surface area contributed by atoms with Crippen molar-refractivity contribution in [2.45, 2.75) is 6.10 Å². The topological polar surface area (TPSA) is 19.0 Å². The lowest BCUT2D eigenvalue weighted by Crippen LogP contribution is -2.47. The molecule has 1 atom stereocenters. The molecule has 0 N–H and O–H groups in total. The van der Waals surface area contributed by atoms with Gasteiger partial charge in [0.05, 0.1) is 12.7 Å². The fourth-order valence-corrected chi connectivity index (χ4v) is 2.51. The molecule has 0 bridgehead atoms. The van der Waals surface area contributed by atoms with Gasteiger partial charge in [0, 0.05) is 43.4 Å². The Morgan fingerprint density at radius 3 is 2.65 bits per heavy atom. The summed E-state index contributed by atoms with van der Waals surface area (Å²) in [6.07, 6.45) is 0.507. The van der Waals surface area contributed by atoms with Crippen LogP contribution in [0.3, 0.4) is 0 Å². The molecule has 1 aromatic carbocycles. The molecule has 0 spiro atoms. The van der Waals surface area contributed by atoms with Crippen LogP contribution in [-0.2, 0) is 4.74 Å². The fraction of sp³-hybridized carbons (Fsp3) is 0.538. The molecule has 2 saturated heterocycles. The quantitative estimate of drug-likeness (QED) is 0.766. The van der Waals surface area contributed by atoms with Crippen molar-refractivity contribution in [3.05, 3.63) is 29.3 Å². The summed E-state index contributed by atoms with van der Waals surface area (Å²) in [4.78, 5) is 4.88. The van der Waals surface area contributed by atoms with E-state index in [1.165, 1.54) is 5.69 Å². The van der Waals surface area contributed by atoms with Gasteiger partial charge in [-0.2, -0.15) is 0 Å². The summed E-state index contributed by atoms with van der Waals surface area (Å²) in [5.41, 5.74) is 1.24. The Kier molecular flexibility index (Phi) is 3.23. The number of hydrogen-bond acceptors (Lipinski definition) is 3. The van der Waals surface area contributed by atoms with Crippen LogP contribution < -0.4 is 4.90 Å². The number of nitrogens with zero attached hydrogens (tertiary/aromatic N) is 2. The van der Waals surface area contributed by atoms with Crippen molar-refractivity contribution in [2.24, 2.45) is 0 Å². The first kappa shape index (κ1) is 11.3. The average molecular weight is 253 g/mol. The predicted octanol–water partition coefficient (Wildman–Crippen LogP) is 1.86. The van der Waals surface area contributed by atoms with Gasteiger partial charge >= 0.3 is 0 Å². The maximum absolute atomic E-state index is 6.02. The zero-order chi connectivity index (χ0) is 11.7. The van der Waals surface area contributed by atoms with Crippen molar-refractivity contribution < 1.29 is 4.74 Å². The maximum Gasteiger partial charge on any atom is 0.0936 e. The molecule has 0 amide bonds. The second kappa shape index (κ2) is 4.84. The standard InChI is InChI=1S/C13H17ClN2O/c14-11-2-1-3-12(8-11)16-6-4-15(5-7-16)9-13-10-17-13/h1-3,8,13H,4-7,9-10H2. The van der Waals surface area contributed by atoms with E-state index in [-0.39, 0.29) is 0 Å². The SMILES string of the molecule is Clc1cccc(N2CCN(CC3CO3)CC2)c1. The van der Waals surface area contributed by atoms with Crippen molar-refractivity contribution in [3.8, 4) is 0 Å². The molecule has 2 aliphatic heterocycles. The number of anilines is 1. The third-order valence-electron chi connectivity index (χ3n) is 3.41. The van der Waals surface area contributed by atoms with Gasteiger partial charge in [-0.15, -0.1) is 0 Å². The summed E-state index contributed by atoms with van der Waals surface area (Å²) in [6, 6.07) is 8.11. The van der Waals surface area contributed by atoms with Crippen molar-refractivity contribution in [2.75, 3.05) is 44.2 Å². The van der Waals surface area contributed by atoms with Gasteiger partial charge in [-0.3, -0.25) is 4.90 Å². The summed E-state index contributed by atoms with van der Waals surface area (Å²) in [6.45, 7) is 6.44. The van der Waals surface area contributed by atoms with Crippen LogP contribution >= 0.6 is 11.6 Å². The molecule has 0 aromatic heterocycles. The minimum Gasteiger partial charge on any atom is -0.372 e. The second-order valence-corrected chi connectivity index (χ2v) is 5.16. The predicted molar refractivity (Wildman–Crippen MR) is 69.8 cm³/mol. The van der Waals surface area contributed by atoms with Gasteiger partial charge in [-0.1, -0.05) is 17.7 Å². The number of hydrogen-bond donors (Lipinski definition) is 0. The first-order chi connectivity index (χ1) is 8.31. The molecule has 1 aromatic rings. The van der Waals surface area contributed by atoms with Crippen molar-refractivity contribution >= 4 is 17.3 Å². The molecular formula is C13H17ClN2O. The highest BCUT2D eigenvalue weighted by atomic mass is 35.5. The van der Waals surface area contributed by atoms with Crippen LogP contribution in [0.1, 0.15) is 0 Å². The van der Waals surface area contributed by atoms with Gasteiger partial charge in [0.2, 0.25) is 0 Å². The van der Waals surface area contributed by atoms with Gasteiger partial charge in [0.15, 0.2) is 0 Å². The third-order valence-corrected chi connectivity index (χ3v) is 3.64. The highest BCUT2D eigenvalue weighted by Gasteiger charge is 2.27. The Hall–Kier alpha value is -0.770. The number of piperazine rings is 1. The molecule has 3 nitrogen and oxygen atoms in total. The van der Waals surface area contributed by atoms with Crippen LogP contribution in [0.15, 0.2) is 24.3 Å². The van der Waals surface area contributed by atoms with E-state index in [1.54, 1.807) is 0 Å². The Labute approximate surface area is 107 Å². The zero-order valence-corrected chi connectivity index (χ0v) is 10.6. The Morgan fingerprint density at radius 1 is 1.24 bits per heavy atom. The number of rotatable bonds is 3. The van der Waals surface area contributed by atoms with Gasteiger partial charge in [0.25, 0.3) is 0 Å². The lowest BCUT2D eigenvalue weighted by atomic mass is 10.2. The van der Waals surface area contributed by atoms with E-state index in [0.717, 1.165) is 44.4 Å². The van der Waals surface area contributed by atoms with Crippen molar-refractivity contribution in [3.63, 3.8) is 0 Å². The maximum atomic E-state index is 6.02. The third kappa shape index (κ3) is 2.92. The smallest absolute Gasteiger partial charge is 0.0936 e. The number of benzene rings is 1. The summed E-state index contributed by atoms with van der Waals surface area (Å²) >= 11 is 6.02. The highest BCUT2D eigenvalue weighted by Crippen LogP contribution is 2.21. The summed E-state index contributed by atoms with van der Waals surface area (Å²) < 4.78 is 5.27. The Bertz CT molecular complexity index is 387. The zero-order valence-electron chi connectivity index (χ0n) is 9.81. The number of epoxide rings is 1. The van der Waals surface area contributed by atoms with Gasteiger partial charge < -0.3 is 9.64 Å². The molecule has 4 heteroatoms. The van der Waals surface area contributed by atoms with E-state index in [4.69, 9.17) is 16.3 Å². The van der Waals surface area contributed by atoms with Gasteiger partial charge in [0.1, 0.15) is 0 Å². The van der Waals surface area contributed by atoms with E-state index in [0.29, 0.717) is 6.10 Å². The van der Waals surface area contributed by atoms with Crippen molar-refractivity contribution in [1.29, 1.82) is 0 Å². The normalized spacial score (nSPS) is 25.0. The molecule has 0 aliphatic carbocycles. The monoisotopic (exact) mass is 252 g/mol. The first-order valence-corrected chi connectivity index (χ1v) is 6.53. The van der Waals surface area contributed by atoms with Crippen LogP contribution in [0.4, 0.5) is 5.69 Å². The minimum absolute atomic E-state index is 0.507. The van der Waals surface area contributed by atoms with E-state index in [1.807, 2.05) is 18.2 Å².